The molecular formula is C22H18ClF6NO3. The zero-order valence-corrected chi connectivity index (χ0v) is 18.0. The SMILES string of the molecule is CC1(C)[C@H](C(=O)OC(c2cncc(Oc3ccccc3)c2)C(F)(F)F)[C@@H]1C=C(Cl)C(F)(F)F. The summed E-state index contributed by atoms with van der Waals surface area (Å²) in [6.45, 7) is 2.89. The van der Waals surface area contributed by atoms with Gasteiger partial charge in [0, 0.05) is 11.8 Å². The van der Waals surface area contributed by atoms with E-state index in [1.807, 2.05) is 0 Å². The van der Waals surface area contributed by atoms with Gasteiger partial charge in [-0.1, -0.05) is 49.7 Å². The molecule has 0 N–H and O–H groups in total. The molecule has 4 nitrogen and oxygen atoms in total. The van der Waals surface area contributed by atoms with Gasteiger partial charge in [0.25, 0.3) is 0 Å². The second-order valence-corrected chi connectivity index (χ2v) is 8.47. The fraction of sp³-hybridized carbons (Fsp3) is 0.364. The summed E-state index contributed by atoms with van der Waals surface area (Å²) in [4.78, 5) is 16.3. The number of nitrogens with zero attached hydrogens (tertiary/aromatic N) is 1. The van der Waals surface area contributed by atoms with Crippen LogP contribution in [-0.4, -0.2) is 23.3 Å². The van der Waals surface area contributed by atoms with Gasteiger partial charge in [-0.3, -0.25) is 9.78 Å². The number of rotatable bonds is 6. The summed E-state index contributed by atoms with van der Waals surface area (Å²) in [5.74, 6) is -3.21. The van der Waals surface area contributed by atoms with Gasteiger partial charge in [0.15, 0.2) is 0 Å². The van der Waals surface area contributed by atoms with Gasteiger partial charge in [-0.2, -0.15) is 26.3 Å². The van der Waals surface area contributed by atoms with Crippen molar-refractivity contribution >= 4 is 17.6 Å². The number of carbonyl (C=O) groups excluding carboxylic acids is 1. The predicted molar refractivity (Wildman–Crippen MR) is 106 cm³/mol. The second-order valence-electron chi connectivity index (χ2n) is 8.06. The fourth-order valence-corrected chi connectivity index (χ4v) is 3.60. The Morgan fingerprint density at radius 3 is 2.30 bits per heavy atom. The molecule has 33 heavy (non-hydrogen) atoms. The molecule has 1 aromatic heterocycles. The lowest BCUT2D eigenvalue weighted by atomic mass is 10.1. The van der Waals surface area contributed by atoms with Crippen LogP contribution in [0.25, 0.3) is 0 Å². The Labute approximate surface area is 190 Å². The van der Waals surface area contributed by atoms with Crippen LogP contribution in [0.2, 0.25) is 0 Å². The summed E-state index contributed by atoms with van der Waals surface area (Å²) in [5, 5.41) is -1.45. The molecule has 0 bridgehead atoms. The minimum atomic E-state index is -5.00. The van der Waals surface area contributed by atoms with Crippen LogP contribution in [0.5, 0.6) is 11.5 Å². The summed E-state index contributed by atoms with van der Waals surface area (Å²) < 4.78 is 89.6. The van der Waals surface area contributed by atoms with Crippen LogP contribution in [0.15, 0.2) is 59.9 Å². The van der Waals surface area contributed by atoms with Crippen molar-refractivity contribution in [3.8, 4) is 11.5 Å². The van der Waals surface area contributed by atoms with E-state index >= 15 is 0 Å². The summed E-state index contributed by atoms with van der Waals surface area (Å²) in [6.07, 6.45) is -9.82. The van der Waals surface area contributed by atoms with Gasteiger partial charge in [-0.25, -0.2) is 0 Å². The first-order chi connectivity index (χ1) is 15.2. The quantitative estimate of drug-likeness (QED) is 0.322. The molecule has 1 saturated carbocycles. The molecule has 3 atom stereocenters. The van der Waals surface area contributed by atoms with Gasteiger partial charge in [-0.15, -0.1) is 0 Å². The van der Waals surface area contributed by atoms with Crippen LogP contribution in [0.3, 0.4) is 0 Å². The van der Waals surface area contributed by atoms with Crippen LogP contribution in [-0.2, 0) is 9.53 Å². The molecule has 0 amide bonds. The van der Waals surface area contributed by atoms with Crippen molar-refractivity contribution < 1.29 is 40.6 Å². The third-order valence-corrected chi connectivity index (χ3v) is 5.65. The van der Waals surface area contributed by atoms with Gasteiger partial charge in [0.2, 0.25) is 6.10 Å². The van der Waals surface area contributed by atoms with Crippen LogP contribution in [0, 0.1) is 17.3 Å². The van der Waals surface area contributed by atoms with Crippen LogP contribution >= 0.6 is 11.6 Å². The van der Waals surface area contributed by atoms with E-state index in [0.717, 1.165) is 12.3 Å². The predicted octanol–water partition coefficient (Wildman–Crippen LogP) is 6.98. The summed E-state index contributed by atoms with van der Waals surface area (Å²) >= 11 is 5.23. The minimum Gasteiger partial charge on any atom is -0.456 e. The van der Waals surface area contributed by atoms with E-state index in [9.17, 15) is 31.1 Å². The number of ether oxygens (including phenoxy) is 2. The lowest BCUT2D eigenvalue weighted by Crippen LogP contribution is -2.27. The molecule has 1 unspecified atom stereocenters. The molecule has 0 spiro atoms. The summed E-state index contributed by atoms with van der Waals surface area (Å²) in [7, 11) is 0. The highest BCUT2D eigenvalue weighted by atomic mass is 35.5. The summed E-state index contributed by atoms with van der Waals surface area (Å²) in [5.41, 5.74) is -1.56. The zero-order chi connectivity index (χ0) is 24.6. The monoisotopic (exact) mass is 493 g/mol. The molecule has 1 aliphatic carbocycles. The van der Waals surface area contributed by atoms with Crippen molar-refractivity contribution in [3.63, 3.8) is 0 Å². The van der Waals surface area contributed by atoms with E-state index < -0.39 is 52.3 Å². The van der Waals surface area contributed by atoms with Gasteiger partial charge < -0.3 is 9.47 Å². The number of aromatic nitrogens is 1. The van der Waals surface area contributed by atoms with E-state index in [1.165, 1.54) is 20.0 Å². The highest BCUT2D eigenvalue weighted by Gasteiger charge is 2.63. The molecule has 11 heteroatoms. The largest absolute Gasteiger partial charge is 0.456 e. The topological polar surface area (TPSA) is 48.4 Å². The van der Waals surface area contributed by atoms with E-state index in [1.54, 1.807) is 30.3 Å². The normalized spacial score (nSPS) is 21.3. The number of allylic oxidation sites excluding steroid dienone is 2. The number of hydrogen-bond donors (Lipinski definition) is 0. The first-order valence-corrected chi connectivity index (χ1v) is 9.98. The van der Waals surface area contributed by atoms with Crippen molar-refractivity contribution in [1.82, 2.24) is 4.98 Å². The number of carbonyl (C=O) groups is 1. The number of para-hydroxylation sites is 1. The maximum Gasteiger partial charge on any atom is 0.429 e. The Morgan fingerprint density at radius 2 is 1.73 bits per heavy atom. The van der Waals surface area contributed by atoms with E-state index in [2.05, 4.69) is 4.98 Å². The third kappa shape index (κ3) is 5.79. The highest BCUT2D eigenvalue weighted by Crippen LogP contribution is 2.61. The molecule has 1 fully saturated rings. The van der Waals surface area contributed by atoms with Crippen molar-refractivity contribution in [2.75, 3.05) is 0 Å². The second kappa shape index (κ2) is 8.89. The number of halogens is 7. The summed E-state index contributed by atoms with van der Waals surface area (Å²) in [6, 6.07) is 9.26. The molecule has 1 heterocycles. The Morgan fingerprint density at radius 1 is 1.09 bits per heavy atom. The van der Waals surface area contributed by atoms with Crippen molar-refractivity contribution in [3.05, 3.63) is 65.5 Å². The average Bonchev–Trinajstić information content (AvgIpc) is 3.25. The lowest BCUT2D eigenvalue weighted by molar-refractivity contribution is -0.225. The molecular weight excluding hydrogens is 476 g/mol. The maximum absolute atomic E-state index is 13.7. The molecule has 1 aromatic carbocycles. The zero-order valence-electron chi connectivity index (χ0n) is 17.2. The number of esters is 1. The average molecular weight is 494 g/mol. The minimum absolute atomic E-state index is 0.0199. The van der Waals surface area contributed by atoms with Crippen LogP contribution < -0.4 is 4.74 Å². The maximum atomic E-state index is 13.7. The van der Waals surface area contributed by atoms with Gasteiger partial charge in [0.1, 0.15) is 16.5 Å². The van der Waals surface area contributed by atoms with E-state index in [-0.39, 0.29) is 5.75 Å². The fourth-order valence-electron chi connectivity index (χ4n) is 3.46. The molecule has 178 valence electrons. The van der Waals surface area contributed by atoms with Crippen molar-refractivity contribution in [2.24, 2.45) is 17.3 Å². The smallest absolute Gasteiger partial charge is 0.429 e. The Bertz CT molecular complexity index is 1040. The number of hydrogen-bond acceptors (Lipinski definition) is 4. The van der Waals surface area contributed by atoms with Crippen molar-refractivity contribution in [1.29, 1.82) is 0 Å². The van der Waals surface area contributed by atoms with E-state index in [4.69, 9.17) is 21.1 Å². The van der Waals surface area contributed by atoms with Gasteiger partial charge in [0.05, 0.1) is 12.1 Å². The Kier molecular flexibility index (Phi) is 6.70. The molecule has 0 saturated heterocycles. The molecule has 0 radical (unpaired) electrons. The number of benzene rings is 1. The molecule has 2 aromatic rings. The Hall–Kier alpha value is -2.75. The first-order valence-electron chi connectivity index (χ1n) is 9.61. The van der Waals surface area contributed by atoms with Crippen LogP contribution in [0.4, 0.5) is 26.3 Å². The van der Waals surface area contributed by atoms with Crippen molar-refractivity contribution in [2.45, 2.75) is 32.3 Å². The Balaban J connectivity index is 1.81. The number of alkyl halides is 6. The lowest BCUT2D eigenvalue weighted by Gasteiger charge is -2.21. The third-order valence-electron chi connectivity index (χ3n) is 5.31. The number of pyridine rings is 1. The molecule has 1 aliphatic rings. The first kappa shape index (κ1) is 24.9. The van der Waals surface area contributed by atoms with Crippen LogP contribution in [0.1, 0.15) is 25.5 Å². The van der Waals surface area contributed by atoms with Gasteiger partial charge >= 0.3 is 18.3 Å². The van der Waals surface area contributed by atoms with E-state index in [0.29, 0.717) is 11.8 Å². The highest BCUT2D eigenvalue weighted by molar-refractivity contribution is 6.30. The van der Waals surface area contributed by atoms with Gasteiger partial charge in [-0.05, 0) is 29.5 Å². The molecule has 0 aliphatic heterocycles. The standard InChI is InChI=1S/C22H18ClF6NO3/c1-20(2)15(9-16(23)21(24,25)26)17(20)19(31)33-18(22(27,28)29)12-8-14(11-30-10-12)32-13-6-4-3-5-7-13/h3-11,15,17-18H,1-2H3/t15-,17-,18?/m0/s1. The molecule has 3 rings (SSSR count).